The second-order valence-corrected chi connectivity index (χ2v) is 6.72. The van der Waals surface area contributed by atoms with Gasteiger partial charge < -0.3 is 9.67 Å². The van der Waals surface area contributed by atoms with Crippen LogP contribution in [0, 0.1) is 25.2 Å². The molecule has 1 heterocycles. The molecule has 1 aromatic heterocycles. The fourth-order valence-electron chi connectivity index (χ4n) is 3.23. The Kier molecular flexibility index (Phi) is 6.08. The van der Waals surface area contributed by atoms with Crippen molar-refractivity contribution < 1.29 is 14.7 Å². The number of nitrogens with one attached hydrogen (secondary N) is 1. The lowest BCUT2D eigenvalue weighted by Gasteiger charge is -2.10. The van der Waals surface area contributed by atoms with Gasteiger partial charge in [0, 0.05) is 22.6 Å². The predicted octanol–water partition coefficient (Wildman–Crippen LogP) is 3.55. The number of hydrogen-bond donors (Lipinski definition) is 2. The van der Waals surface area contributed by atoms with Gasteiger partial charge >= 0.3 is 5.97 Å². The molecule has 1 amide bonds. The number of carboxylic acid groups (broad SMARTS) is 1. The van der Waals surface area contributed by atoms with Crippen LogP contribution in [0.1, 0.15) is 38.8 Å². The molecule has 2 aromatic carbocycles. The molecule has 7 nitrogen and oxygen atoms in total. The number of carboxylic acids is 1. The first-order chi connectivity index (χ1) is 14.4. The van der Waals surface area contributed by atoms with E-state index in [1.54, 1.807) is 48.5 Å². The van der Waals surface area contributed by atoms with Crippen LogP contribution in [0.15, 0.2) is 65.8 Å². The number of aryl methyl sites for hydroxylation is 1. The van der Waals surface area contributed by atoms with E-state index in [4.69, 9.17) is 5.11 Å². The SMILES string of the molecule is Cc1cc(/C=N\NC(=O)[C@@H](C#N)c2ccccc2)c(C)n1-c1ccc(C(=O)O)cc1. The third-order valence-corrected chi connectivity index (χ3v) is 4.75. The topological polar surface area (TPSA) is 107 Å². The van der Waals surface area contributed by atoms with E-state index in [0.717, 1.165) is 22.6 Å². The minimum absolute atomic E-state index is 0.219. The Hall–Kier alpha value is -4.18. The molecule has 0 fully saturated rings. The van der Waals surface area contributed by atoms with Crippen molar-refractivity contribution in [3.05, 3.63) is 88.7 Å². The number of carbonyl (C=O) groups excluding carboxylic acids is 1. The molecule has 0 aliphatic carbocycles. The lowest BCUT2D eigenvalue weighted by molar-refractivity contribution is -0.121. The van der Waals surface area contributed by atoms with Crippen molar-refractivity contribution in [1.29, 1.82) is 5.26 Å². The van der Waals surface area contributed by atoms with E-state index in [1.807, 2.05) is 36.6 Å². The van der Waals surface area contributed by atoms with Crippen molar-refractivity contribution in [2.24, 2.45) is 5.10 Å². The second-order valence-electron chi connectivity index (χ2n) is 6.72. The molecule has 3 rings (SSSR count). The quantitative estimate of drug-likeness (QED) is 0.487. The molecule has 30 heavy (non-hydrogen) atoms. The van der Waals surface area contributed by atoms with Crippen LogP contribution in [0.25, 0.3) is 5.69 Å². The van der Waals surface area contributed by atoms with Gasteiger partial charge in [-0.25, -0.2) is 10.2 Å². The summed E-state index contributed by atoms with van der Waals surface area (Å²) in [4.78, 5) is 23.4. The third kappa shape index (κ3) is 4.28. The van der Waals surface area contributed by atoms with Gasteiger partial charge in [-0.15, -0.1) is 0 Å². The summed E-state index contributed by atoms with van der Waals surface area (Å²) >= 11 is 0. The largest absolute Gasteiger partial charge is 0.478 e. The van der Waals surface area contributed by atoms with Crippen molar-refractivity contribution in [1.82, 2.24) is 9.99 Å². The molecule has 3 aromatic rings. The smallest absolute Gasteiger partial charge is 0.335 e. The number of aromatic nitrogens is 1. The normalized spacial score (nSPS) is 11.8. The Labute approximate surface area is 173 Å². The van der Waals surface area contributed by atoms with Crippen LogP contribution < -0.4 is 5.43 Å². The van der Waals surface area contributed by atoms with Gasteiger partial charge in [0.05, 0.1) is 17.8 Å². The molecule has 0 saturated carbocycles. The first kappa shape index (κ1) is 20.6. The summed E-state index contributed by atoms with van der Waals surface area (Å²) in [6.45, 7) is 3.83. The van der Waals surface area contributed by atoms with Gasteiger partial charge in [0.25, 0.3) is 5.91 Å². The number of aromatic carboxylic acids is 1. The highest BCUT2D eigenvalue weighted by atomic mass is 16.4. The monoisotopic (exact) mass is 400 g/mol. The molecule has 0 bridgehead atoms. The second kappa shape index (κ2) is 8.88. The van der Waals surface area contributed by atoms with E-state index in [-0.39, 0.29) is 5.56 Å². The zero-order chi connectivity index (χ0) is 21.7. The van der Waals surface area contributed by atoms with Gasteiger partial charge in [0.1, 0.15) is 0 Å². The van der Waals surface area contributed by atoms with Crippen LogP contribution >= 0.6 is 0 Å². The van der Waals surface area contributed by atoms with Crippen molar-refractivity contribution in [2.45, 2.75) is 19.8 Å². The summed E-state index contributed by atoms with van der Waals surface area (Å²) in [6, 6.07) is 19.3. The summed E-state index contributed by atoms with van der Waals surface area (Å²) < 4.78 is 1.97. The van der Waals surface area contributed by atoms with Gasteiger partial charge in [0.2, 0.25) is 0 Å². The van der Waals surface area contributed by atoms with Gasteiger partial charge in [-0.1, -0.05) is 30.3 Å². The fraction of sp³-hybridized carbons (Fsp3) is 0.130. The molecule has 1 atom stereocenters. The van der Waals surface area contributed by atoms with Gasteiger partial charge in [0.15, 0.2) is 5.92 Å². The van der Waals surface area contributed by atoms with Gasteiger partial charge in [-0.05, 0) is 49.7 Å². The number of nitrogens with zero attached hydrogens (tertiary/aromatic N) is 3. The average Bonchev–Trinajstić information content (AvgIpc) is 3.02. The van der Waals surface area contributed by atoms with Crippen LogP contribution in [0.4, 0.5) is 0 Å². The lowest BCUT2D eigenvalue weighted by Crippen LogP contribution is -2.24. The Bertz CT molecular complexity index is 1140. The molecule has 0 saturated heterocycles. The summed E-state index contributed by atoms with van der Waals surface area (Å²) in [7, 11) is 0. The minimum Gasteiger partial charge on any atom is -0.478 e. The minimum atomic E-state index is -0.975. The maximum absolute atomic E-state index is 12.3. The predicted molar refractivity (Wildman–Crippen MR) is 113 cm³/mol. The Morgan fingerprint density at radius 3 is 2.40 bits per heavy atom. The first-order valence-corrected chi connectivity index (χ1v) is 9.22. The molecule has 0 aliphatic heterocycles. The molecule has 0 radical (unpaired) electrons. The summed E-state index contributed by atoms with van der Waals surface area (Å²) in [5, 5.41) is 22.4. The van der Waals surface area contributed by atoms with E-state index in [0.29, 0.717) is 5.56 Å². The molecule has 0 unspecified atom stereocenters. The number of amides is 1. The Morgan fingerprint density at radius 1 is 1.13 bits per heavy atom. The molecule has 7 heteroatoms. The van der Waals surface area contributed by atoms with Crippen LogP contribution in [0.5, 0.6) is 0 Å². The maximum atomic E-state index is 12.3. The number of hydrazone groups is 1. The number of benzene rings is 2. The van der Waals surface area contributed by atoms with Crippen LogP contribution in [-0.4, -0.2) is 27.8 Å². The molecular formula is C23H20N4O3. The highest BCUT2D eigenvalue weighted by Gasteiger charge is 2.19. The highest BCUT2D eigenvalue weighted by molar-refractivity contribution is 5.89. The van der Waals surface area contributed by atoms with Crippen LogP contribution in [0.2, 0.25) is 0 Å². The molecule has 150 valence electrons. The van der Waals surface area contributed by atoms with Crippen LogP contribution in [0.3, 0.4) is 0 Å². The molecule has 0 spiro atoms. The van der Waals surface area contributed by atoms with E-state index >= 15 is 0 Å². The van der Waals surface area contributed by atoms with Crippen molar-refractivity contribution in [3.8, 4) is 11.8 Å². The Balaban J connectivity index is 1.77. The molecular weight excluding hydrogens is 380 g/mol. The number of rotatable bonds is 6. The average molecular weight is 400 g/mol. The first-order valence-electron chi connectivity index (χ1n) is 9.22. The van der Waals surface area contributed by atoms with Gasteiger partial charge in [-0.2, -0.15) is 10.4 Å². The third-order valence-electron chi connectivity index (χ3n) is 4.75. The standard InChI is InChI=1S/C23H20N4O3/c1-15-12-19(16(2)27(15)20-10-8-18(9-11-20)23(29)30)14-25-26-22(28)21(13-24)17-6-4-3-5-7-17/h3-12,14,21H,1-2H3,(H,26,28)(H,29,30)/b25-14-/t21-/m0/s1. The summed E-state index contributed by atoms with van der Waals surface area (Å²) in [5.74, 6) is -2.42. The molecule has 2 N–H and O–H groups in total. The summed E-state index contributed by atoms with van der Waals surface area (Å²) in [5.41, 5.74) is 6.69. The highest BCUT2D eigenvalue weighted by Crippen LogP contribution is 2.20. The number of nitriles is 1. The summed E-state index contributed by atoms with van der Waals surface area (Å²) in [6.07, 6.45) is 1.53. The van der Waals surface area contributed by atoms with E-state index in [2.05, 4.69) is 10.5 Å². The van der Waals surface area contributed by atoms with Crippen molar-refractivity contribution >= 4 is 18.1 Å². The van der Waals surface area contributed by atoms with E-state index < -0.39 is 17.8 Å². The van der Waals surface area contributed by atoms with Crippen molar-refractivity contribution in [2.75, 3.05) is 0 Å². The van der Waals surface area contributed by atoms with Crippen LogP contribution in [-0.2, 0) is 4.79 Å². The maximum Gasteiger partial charge on any atom is 0.335 e. The zero-order valence-corrected chi connectivity index (χ0v) is 16.5. The van der Waals surface area contributed by atoms with E-state index in [9.17, 15) is 14.9 Å². The molecule has 0 aliphatic rings. The number of carbonyl (C=O) groups is 2. The fourth-order valence-corrected chi connectivity index (χ4v) is 3.23. The van der Waals surface area contributed by atoms with Gasteiger partial charge in [-0.3, -0.25) is 4.79 Å². The number of hydrogen-bond acceptors (Lipinski definition) is 4. The van der Waals surface area contributed by atoms with E-state index in [1.165, 1.54) is 6.21 Å². The lowest BCUT2D eigenvalue weighted by atomic mass is 10.0. The van der Waals surface area contributed by atoms with Crippen molar-refractivity contribution in [3.63, 3.8) is 0 Å². The zero-order valence-electron chi connectivity index (χ0n) is 16.5. The Morgan fingerprint density at radius 2 is 1.80 bits per heavy atom.